The van der Waals surface area contributed by atoms with Gasteiger partial charge in [-0.1, -0.05) is 49.3 Å². The summed E-state index contributed by atoms with van der Waals surface area (Å²) in [4.78, 5) is 17.1. The molecule has 1 aliphatic heterocycles. The quantitative estimate of drug-likeness (QED) is 0.587. The third-order valence-corrected chi connectivity index (χ3v) is 5.39. The highest BCUT2D eigenvalue weighted by Gasteiger charge is 2.27. The number of carbonyl (C=O) groups excluding carboxylic acids is 1. The van der Waals surface area contributed by atoms with Crippen molar-refractivity contribution in [3.05, 3.63) is 35.9 Å². The molecule has 2 aromatic rings. The van der Waals surface area contributed by atoms with E-state index in [-0.39, 0.29) is 11.8 Å². The lowest BCUT2D eigenvalue weighted by Gasteiger charge is -2.29. The Kier molecular flexibility index (Phi) is 7.69. The summed E-state index contributed by atoms with van der Waals surface area (Å²) in [6, 6.07) is 10.1. The molecule has 1 saturated heterocycles. The molecule has 158 valence electrons. The van der Waals surface area contributed by atoms with E-state index in [1.165, 1.54) is 6.42 Å². The van der Waals surface area contributed by atoms with Gasteiger partial charge >= 0.3 is 0 Å². The van der Waals surface area contributed by atoms with Crippen LogP contribution in [0.4, 0.5) is 5.88 Å². The molecule has 0 aliphatic carbocycles. The molecular weight excluding hydrogens is 366 g/mol. The van der Waals surface area contributed by atoms with Gasteiger partial charge in [0.05, 0.1) is 12.1 Å². The lowest BCUT2D eigenvalue weighted by atomic mass is 10.0. The predicted octanol–water partition coefficient (Wildman–Crippen LogP) is 4.35. The number of hydrogen-bond acceptors (Lipinski definition) is 5. The summed E-state index contributed by atoms with van der Waals surface area (Å²) in [6.45, 7) is 7.63. The van der Waals surface area contributed by atoms with Gasteiger partial charge in [-0.25, -0.2) is 0 Å². The van der Waals surface area contributed by atoms with Gasteiger partial charge in [0, 0.05) is 44.8 Å². The molecule has 6 nitrogen and oxygen atoms in total. The van der Waals surface area contributed by atoms with E-state index in [1.807, 2.05) is 49.1 Å². The van der Waals surface area contributed by atoms with Crippen molar-refractivity contribution in [2.45, 2.75) is 46.1 Å². The van der Waals surface area contributed by atoms with Crippen LogP contribution in [0.3, 0.4) is 0 Å². The maximum absolute atomic E-state index is 12.9. The average molecular weight is 400 g/mol. The molecule has 6 heteroatoms. The monoisotopic (exact) mass is 399 g/mol. The zero-order valence-corrected chi connectivity index (χ0v) is 17.9. The summed E-state index contributed by atoms with van der Waals surface area (Å²) in [5, 5.41) is 4.44. The molecule has 0 radical (unpaired) electrons. The van der Waals surface area contributed by atoms with Crippen LogP contribution in [0.5, 0.6) is 0 Å². The van der Waals surface area contributed by atoms with Crippen molar-refractivity contribution in [2.24, 2.45) is 5.92 Å². The number of piperidine rings is 1. The van der Waals surface area contributed by atoms with Crippen molar-refractivity contribution >= 4 is 11.8 Å². The molecule has 1 amide bonds. The molecule has 1 aromatic carbocycles. The van der Waals surface area contributed by atoms with E-state index in [4.69, 9.17) is 9.26 Å². The second-order valence-corrected chi connectivity index (χ2v) is 7.99. The summed E-state index contributed by atoms with van der Waals surface area (Å²) >= 11 is 0. The predicted molar refractivity (Wildman–Crippen MR) is 115 cm³/mol. The second kappa shape index (κ2) is 10.4. The van der Waals surface area contributed by atoms with Crippen LogP contribution in [0, 0.1) is 5.92 Å². The average Bonchev–Trinajstić information content (AvgIpc) is 3.17. The molecule has 2 heterocycles. The normalized spacial score (nSPS) is 14.4. The molecule has 29 heavy (non-hydrogen) atoms. The minimum atomic E-state index is -0.0592. The Labute approximate surface area is 173 Å². The molecule has 1 fully saturated rings. The van der Waals surface area contributed by atoms with Gasteiger partial charge in [0.2, 0.25) is 11.8 Å². The minimum Gasteiger partial charge on any atom is -0.385 e. The molecule has 0 saturated carbocycles. The molecule has 3 rings (SSSR count). The van der Waals surface area contributed by atoms with Crippen LogP contribution in [0.15, 0.2) is 34.9 Å². The smallest absolute Gasteiger partial charge is 0.232 e. The van der Waals surface area contributed by atoms with Gasteiger partial charge in [0.25, 0.3) is 0 Å². The second-order valence-electron chi connectivity index (χ2n) is 7.99. The number of rotatable bonds is 9. The fraction of sp³-hybridized carbons (Fsp3) is 0.565. The molecule has 0 atom stereocenters. The van der Waals surface area contributed by atoms with Crippen LogP contribution in [0.25, 0.3) is 11.3 Å². The largest absolute Gasteiger partial charge is 0.385 e. The van der Waals surface area contributed by atoms with Crippen molar-refractivity contribution in [1.29, 1.82) is 0 Å². The first-order chi connectivity index (χ1) is 14.1. The molecule has 0 bridgehead atoms. The summed E-state index contributed by atoms with van der Waals surface area (Å²) in [7, 11) is 1.69. The maximum Gasteiger partial charge on any atom is 0.232 e. The summed E-state index contributed by atoms with van der Waals surface area (Å²) < 4.78 is 11.1. The number of ether oxygens (including phenoxy) is 1. The number of carbonyl (C=O) groups is 1. The highest BCUT2D eigenvalue weighted by molar-refractivity contribution is 5.79. The topological polar surface area (TPSA) is 58.8 Å². The molecule has 1 aliphatic rings. The number of aromatic nitrogens is 1. The molecule has 0 N–H and O–H groups in total. The van der Waals surface area contributed by atoms with Gasteiger partial charge < -0.3 is 19.1 Å². The highest BCUT2D eigenvalue weighted by Crippen LogP contribution is 2.34. The molecule has 1 aromatic heterocycles. The fourth-order valence-electron chi connectivity index (χ4n) is 3.83. The van der Waals surface area contributed by atoms with E-state index in [0.717, 1.165) is 55.1 Å². The first kappa shape index (κ1) is 21.4. The zero-order chi connectivity index (χ0) is 20.6. The third kappa shape index (κ3) is 5.38. The van der Waals surface area contributed by atoms with Gasteiger partial charge in [-0.05, 0) is 25.7 Å². The number of amides is 1. The van der Waals surface area contributed by atoms with E-state index >= 15 is 0 Å². The standard InChI is InChI=1S/C23H33N3O3/c1-18(2)22(27)26(15-10-16-28-3)17-20-21(19-11-6-4-7-12-19)24-29-23(20)25-13-8-5-9-14-25/h4,6-7,11-12,18H,5,8-10,13-17H2,1-3H3. The van der Waals surface area contributed by atoms with Crippen molar-refractivity contribution in [2.75, 3.05) is 38.3 Å². The van der Waals surface area contributed by atoms with Crippen LogP contribution in [0.1, 0.15) is 45.1 Å². The molecule has 0 spiro atoms. The van der Waals surface area contributed by atoms with Crippen molar-refractivity contribution in [3.63, 3.8) is 0 Å². The van der Waals surface area contributed by atoms with E-state index in [0.29, 0.717) is 19.7 Å². The SMILES string of the molecule is COCCCN(Cc1c(-c2ccccc2)noc1N1CCCCC1)C(=O)C(C)C. The fourth-order valence-corrected chi connectivity index (χ4v) is 3.83. The minimum absolute atomic E-state index is 0.0592. The maximum atomic E-state index is 12.9. The Morgan fingerprint density at radius 1 is 1.21 bits per heavy atom. The Balaban J connectivity index is 1.94. The van der Waals surface area contributed by atoms with Crippen LogP contribution >= 0.6 is 0 Å². The first-order valence-electron chi connectivity index (χ1n) is 10.7. The number of nitrogens with zero attached hydrogens (tertiary/aromatic N) is 3. The van der Waals surface area contributed by atoms with E-state index in [9.17, 15) is 4.79 Å². The van der Waals surface area contributed by atoms with Gasteiger partial charge in [0.15, 0.2) is 0 Å². The van der Waals surface area contributed by atoms with Crippen LogP contribution in [-0.2, 0) is 16.1 Å². The van der Waals surface area contributed by atoms with E-state index in [2.05, 4.69) is 10.1 Å². The van der Waals surface area contributed by atoms with Crippen LogP contribution in [-0.4, -0.2) is 49.3 Å². The van der Waals surface area contributed by atoms with Crippen LogP contribution < -0.4 is 4.90 Å². The number of anilines is 1. The number of hydrogen-bond donors (Lipinski definition) is 0. The summed E-state index contributed by atoms with van der Waals surface area (Å²) in [6.07, 6.45) is 4.37. The lowest BCUT2D eigenvalue weighted by molar-refractivity contribution is -0.135. The van der Waals surface area contributed by atoms with Crippen molar-refractivity contribution in [3.8, 4) is 11.3 Å². The number of methoxy groups -OCH3 is 1. The summed E-state index contributed by atoms with van der Waals surface area (Å²) in [5.74, 6) is 0.902. The number of benzene rings is 1. The highest BCUT2D eigenvalue weighted by atomic mass is 16.5. The molecule has 0 unspecified atom stereocenters. The van der Waals surface area contributed by atoms with Crippen LogP contribution in [0.2, 0.25) is 0 Å². The Morgan fingerprint density at radius 3 is 2.59 bits per heavy atom. The van der Waals surface area contributed by atoms with Crippen molar-refractivity contribution in [1.82, 2.24) is 10.1 Å². The first-order valence-corrected chi connectivity index (χ1v) is 10.7. The lowest BCUT2D eigenvalue weighted by Crippen LogP contribution is -2.36. The van der Waals surface area contributed by atoms with Gasteiger partial charge in [-0.2, -0.15) is 0 Å². The molecular formula is C23H33N3O3. The Hall–Kier alpha value is -2.34. The Bertz CT molecular complexity index is 767. The van der Waals surface area contributed by atoms with Gasteiger partial charge in [-0.3, -0.25) is 4.79 Å². The van der Waals surface area contributed by atoms with Gasteiger partial charge in [0.1, 0.15) is 5.69 Å². The van der Waals surface area contributed by atoms with Gasteiger partial charge in [-0.15, -0.1) is 0 Å². The van der Waals surface area contributed by atoms with Crippen molar-refractivity contribution < 1.29 is 14.1 Å². The summed E-state index contributed by atoms with van der Waals surface area (Å²) in [5.41, 5.74) is 2.85. The third-order valence-electron chi connectivity index (χ3n) is 5.39. The van der Waals surface area contributed by atoms with E-state index in [1.54, 1.807) is 7.11 Å². The Morgan fingerprint density at radius 2 is 1.93 bits per heavy atom. The zero-order valence-electron chi connectivity index (χ0n) is 17.9. The van der Waals surface area contributed by atoms with E-state index < -0.39 is 0 Å².